The molecule has 1 aromatic carbocycles. The lowest BCUT2D eigenvalue weighted by Gasteiger charge is -2.20. The van der Waals surface area contributed by atoms with Gasteiger partial charge in [0.1, 0.15) is 0 Å². The molecule has 0 bridgehead atoms. The van der Waals surface area contributed by atoms with E-state index in [2.05, 4.69) is 0 Å². The van der Waals surface area contributed by atoms with Crippen molar-refractivity contribution in [2.24, 2.45) is 5.73 Å². The standard InChI is InChI=1S/C11H11N3O6/c1-2-13(10(16)11(17)18)8-4-3-6(14(19)20)5-7(8)9(12)15/h3-5H,2H2,1H3,(H2,12,15)(H,17,18). The van der Waals surface area contributed by atoms with E-state index < -0.39 is 22.7 Å². The molecule has 0 aromatic heterocycles. The Kier molecular flexibility index (Phi) is 4.36. The number of hydrogen-bond acceptors (Lipinski definition) is 5. The lowest BCUT2D eigenvalue weighted by molar-refractivity contribution is -0.384. The molecule has 0 aliphatic carbocycles. The number of carbonyl (C=O) groups excluding carboxylic acids is 2. The fourth-order valence-corrected chi connectivity index (χ4v) is 1.61. The van der Waals surface area contributed by atoms with Crippen molar-refractivity contribution in [3.63, 3.8) is 0 Å². The second kappa shape index (κ2) is 5.78. The predicted molar refractivity (Wildman–Crippen MR) is 67.3 cm³/mol. The number of amides is 2. The van der Waals surface area contributed by atoms with Gasteiger partial charge in [0.25, 0.3) is 11.6 Å². The Morgan fingerprint density at radius 1 is 1.40 bits per heavy atom. The zero-order chi connectivity index (χ0) is 15.4. The number of carboxylic acid groups (broad SMARTS) is 1. The summed E-state index contributed by atoms with van der Waals surface area (Å²) in [6.07, 6.45) is 0. The average molecular weight is 281 g/mol. The Labute approximate surface area is 112 Å². The number of primary amides is 1. The maximum absolute atomic E-state index is 11.5. The van der Waals surface area contributed by atoms with E-state index >= 15 is 0 Å². The summed E-state index contributed by atoms with van der Waals surface area (Å²) in [5, 5.41) is 19.3. The van der Waals surface area contributed by atoms with Crippen molar-refractivity contribution in [2.45, 2.75) is 6.92 Å². The molecule has 9 heteroatoms. The molecule has 0 saturated heterocycles. The summed E-state index contributed by atoms with van der Waals surface area (Å²) in [7, 11) is 0. The Morgan fingerprint density at radius 2 is 2.00 bits per heavy atom. The van der Waals surface area contributed by atoms with Gasteiger partial charge < -0.3 is 15.7 Å². The molecule has 0 radical (unpaired) electrons. The predicted octanol–water partition coefficient (Wildman–Crippen LogP) is 0.131. The number of hydrogen-bond donors (Lipinski definition) is 2. The topological polar surface area (TPSA) is 144 Å². The summed E-state index contributed by atoms with van der Waals surface area (Å²) in [5.74, 6) is -3.97. The van der Waals surface area contributed by atoms with Crippen molar-refractivity contribution < 1.29 is 24.4 Å². The van der Waals surface area contributed by atoms with Crippen LogP contribution in [0.1, 0.15) is 17.3 Å². The van der Waals surface area contributed by atoms with Crippen LogP contribution in [0.2, 0.25) is 0 Å². The number of non-ortho nitro benzene ring substituents is 1. The molecule has 1 rings (SSSR count). The van der Waals surface area contributed by atoms with Crippen LogP contribution >= 0.6 is 0 Å². The molecule has 0 spiro atoms. The Balaban J connectivity index is 3.42. The van der Waals surface area contributed by atoms with Crippen molar-refractivity contribution in [3.05, 3.63) is 33.9 Å². The van der Waals surface area contributed by atoms with E-state index in [1.807, 2.05) is 0 Å². The number of nitro groups is 1. The summed E-state index contributed by atoms with van der Waals surface area (Å²) >= 11 is 0. The molecule has 0 unspecified atom stereocenters. The smallest absolute Gasteiger partial charge is 0.394 e. The van der Waals surface area contributed by atoms with Crippen molar-refractivity contribution >= 4 is 29.2 Å². The van der Waals surface area contributed by atoms with E-state index in [-0.39, 0.29) is 23.5 Å². The van der Waals surface area contributed by atoms with Crippen LogP contribution in [-0.2, 0) is 9.59 Å². The monoisotopic (exact) mass is 281 g/mol. The summed E-state index contributed by atoms with van der Waals surface area (Å²) in [6.45, 7) is 1.45. The Bertz CT molecular complexity index is 598. The fourth-order valence-electron chi connectivity index (χ4n) is 1.61. The molecule has 106 valence electrons. The summed E-state index contributed by atoms with van der Waals surface area (Å²) in [5.41, 5.74) is 4.34. The maximum Gasteiger partial charge on any atom is 0.394 e. The van der Waals surface area contributed by atoms with Crippen LogP contribution in [0.15, 0.2) is 18.2 Å². The molecular formula is C11H11N3O6. The average Bonchev–Trinajstić information content (AvgIpc) is 2.39. The quantitative estimate of drug-likeness (QED) is 0.456. The Morgan fingerprint density at radius 3 is 2.40 bits per heavy atom. The lowest BCUT2D eigenvalue weighted by Crippen LogP contribution is -2.37. The van der Waals surface area contributed by atoms with E-state index in [0.717, 1.165) is 23.1 Å². The number of rotatable bonds is 4. The van der Waals surface area contributed by atoms with E-state index in [0.29, 0.717) is 0 Å². The number of aliphatic carboxylic acids is 1. The number of likely N-dealkylation sites (N-methyl/N-ethyl adjacent to an activating group) is 1. The van der Waals surface area contributed by atoms with Gasteiger partial charge in [0, 0.05) is 18.7 Å². The largest absolute Gasteiger partial charge is 0.474 e. The number of carboxylic acids is 1. The minimum Gasteiger partial charge on any atom is -0.474 e. The number of nitro benzene ring substituents is 1. The normalized spacial score (nSPS) is 9.85. The first kappa shape index (κ1) is 15.1. The second-order valence-corrected chi connectivity index (χ2v) is 3.68. The van der Waals surface area contributed by atoms with Gasteiger partial charge in [-0.1, -0.05) is 0 Å². The highest BCUT2D eigenvalue weighted by Crippen LogP contribution is 2.25. The molecule has 0 heterocycles. The highest BCUT2D eigenvalue weighted by Gasteiger charge is 2.26. The number of anilines is 1. The van der Waals surface area contributed by atoms with Gasteiger partial charge in [-0.3, -0.25) is 19.7 Å². The highest BCUT2D eigenvalue weighted by molar-refractivity contribution is 6.37. The molecule has 0 aliphatic heterocycles. The first-order chi connectivity index (χ1) is 9.29. The summed E-state index contributed by atoms with van der Waals surface area (Å²) in [4.78, 5) is 44.3. The third-order valence-electron chi connectivity index (χ3n) is 2.49. The molecule has 0 atom stereocenters. The van der Waals surface area contributed by atoms with Crippen LogP contribution < -0.4 is 10.6 Å². The third kappa shape index (κ3) is 2.88. The van der Waals surface area contributed by atoms with Gasteiger partial charge in [0.2, 0.25) is 0 Å². The van der Waals surface area contributed by atoms with Gasteiger partial charge in [-0.05, 0) is 13.0 Å². The number of nitrogens with zero attached hydrogens (tertiary/aromatic N) is 2. The molecule has 20 heavy (non-hydrogen) atoms. The fraction of sp³-hybridized carbons (Fsp3) is 0.182. The van der Waals surface area contributed by atoms with Crippen molar-refractivity contribution in [1.82, 2.24) is 0 Å². The minimum absolute atomic E-state index is 0.0385. The number of carbonyl (C=O) groups is 3. The van der Waals surface area contributed by atoms with Crippen molar-refractivity contribution in [3.8, 4) is 0 Å². The van der Waals surface area contributed by atoms with Crippen LogP contribution in [0.5, 0.6) is 0 Å². The molecule has 0 fully saturated rings. The van der Waals surface area contributed by atoms with Crippen LogP contribution in [0.25, 0.3) is 0 Å². The van der Waals surface area contributed by atoms with Gasteiger partial charge in [0.05, 0.1) is 16.2 Å². The number of nitrogens with two attached hydrogens (primary N) is 1. The zero-order valence-electron chi connectivity index (χ0n) is 10.4. The van der Waals surface area contributed by atoms with E-state index in [9.17, 15) is 24.5 Å². The van der Waals surface area contributed by atoms with Crippen LogP contribution in [0.4, 0.5) is 11.4 Å². The summed E-state index contributed by atoms with van der Waals surface area (Å²) < 4.78 is 0. The molecule has 1 aromatic rings. The molecule has 0 saturated carbocycles. The van der Waals surface area contributed by atoms with Gasteiger partial charge in [0.15, 0.2) is 0 Å². The van der Waals surface area contributed by atoms with Crippen molar-refractivity contribution in [1.29, 1.82) is 0 Å². The highest BCUT2D eigenvalue weighted by atomic mass is 16.6. The van der Waals surface area contributed by atoms with Gasteiger partial charge in [-0.15, -0.1) is 0 Å². The number of benzene rings is 1. The first-order valence-electron chi connectivity index (χ1n) is 5.42. The Hall–Kier alpha value is -2.97. The third-order valence-corrected chi connectivity index (χ3v) is 2.49. The molecule has 9 nitrogen and oxygen atoms in total. The lowest BCUT2D eigenvalue weighted by atomic mass is 10.1. The zero-order valence-corrected chi connectivity index (χ0v) is 10.4. The minimum atomic E-state index is -1.71. The van der Waals surface area contributed by atoms with Crippen LogP contribution in [0, 0.1) is 10.1 Å². The second-order valence-electron chi connectivity index (χ2n) is 3.68. The van der Waals surface area contributed by atoms with E-state index in [4.69, 9.17) is 10.8 Å². The van der Waals surface area contributed by atoms with Gasteiger partial charge in [-0.25, -0.2) is 4.79 Å². The molecule has 0 aliphatic rings. The van der Waals surface area contributed by atoms with Gasteiger partial charge >= 0.3 is 11.9 Å². The van der Waals surface area contributed by atoms with E-state index in [1.54, 1.807) is 0 Å². The van der Waals surface area contributed by atoms with E-state index in [1.165, 1.54) is 6.92 Å². The molecular weight excluding hydrogens is 270 g/mol. The molecule has 3 N–H and O–H groups in total. The van der Waals surface area contributed by atoms with Crippen LogP contribution in [-0.4, -0.2) is 34.4 Å². The van der Waals surface area contributed by atoms with Gasteiger partial charge in [-0.2, -0.15) is 0 Å². The summed E-state index contributed by atoms with van der Waals surface area (Å²) in [6, 6.07) is 3.07. The van der Waals surface area contributed by atoms with Crippen molar-refractivity contribution in [2.75, 3.05) is 11.4 Å². The first-order valence-corrected chi connectivity index (χ1v) is 5.42. The van der Waals surface area contributed by atoms with Crippen LogP contribution in [0.3, 0.4) is 0 Å². The maximum atomic E-state index is 11.5. The molecule has 2 amide bonds. The SMILES string of the molecule is CCN(C(=O)C(=O)O)c1ccc([N+](=O)[O-])cc1C(N)=O.